The van der Waals surface area contributed by atoms with Gasteiger partial charge < -0.3 is 10.5 Å². The Morgan fingerprint density at radius 1 is 1.50 bits per heavy atom. The van der Waals surface area contributed by atoms with E-state index in [2.05, 4.69) is 4.74 Å². The van der Waals surface area contributed by atoms with Gasteiger partial charge in [-0.2, -0.15) is 0 Å². The van der Waals surface area contributed by atoms with Gasteiger partial charge in [0.05, 0.1) is 11.0 Å². The zero-order valence-corrected chi connectivity index (χ0v) is 7.39. The van der Waals surface area contributed by atoms with E-state index in [-0.39, 0.29) is 11.4 Å². The monoisotopic (exact) mass is 196 g/mol. The zero-order chi connectivity index (χ0) is 10.7. The molecule has 0 aliphatic heterocycles. The van der Waals surface area contributed by atoms with E-state index in [0.29, 0.717) is 5.56 Å². The van der Waals surface area contributed by atoms with Gasteiger partial charge in [-0.1, -0.05) is 0 Å². The molecule has 0 aliphatic carbocycles. The molecule has 74 valence electrons. The van der Waals surface area contributed by atoms with Gasteiger partial charge in [-0.3, -0.25) is 10.1 Å². The lowest BCUT2D eigenvalue weighted by Gasteiger charge is -2.01. The van der Waals surface area contributed by atoms with Crippen LogP contribution in [0.4, 0.5) is 10.5 Å². The topological polar surface area (TPSA) is 95.5 Å². The number of benzene rings is 1. The van der Waals surface area contributed by atoms with Gasteiger partial charge in [0.25, 0.3) is 5.69 Å². The fraction of sp³-hybridized carbons (Fsp3) is 0.125. The molecule has 0 atom stereocenters. The summed E-state index contributed by atoms with van der Waals surface area (Å²) in [6.45, 7) is 1.65. The third kappa shape index (κ3) is 2.44. The van der Waals surface area contributed by atoms with Crippen LogP contribution in [0, 0.1) is 17.0 Å². The lowest BCUT2D eigenvalue weighted by molar-refractivity contribution is -0.385. The molecule has 1 rings (SSSR count). The third-order valence-electron chi connectivity index (χ3n) is 1.46. The SMILES string of the molecule is Cc1cc(OC(N)=O)cc([N+](=O)[O-])c1. The average Bonchev–Trinajstić information content (AvgIpc) is 2.01. The summed E-state index contributed by atoms with van der Waals surface area (Å²) < 4.78 is 4.52. The van der Waals surface area contributed by atoms with E-state index < -0.39 is 11.0 Å². The Morgan fingerprint density at radius 2 is 2.14 bits per heavy atom. The minimum atomic E-state index is -0.995. The highest BCUT2D eigenvalue weighted by molar-refractivity contribution is 5.68. The standard InChI is InChI=1S/C8H8N2O4/c1-5-2-6(10(12)13)4-7(3-5)14-8(9)11/h2-4H,1H3,(H2,9,11). The van der Waals surface area contributed by atoms with Crippen LogP contribution in [0.15, 0.2) is 18.2 Å². The van der Waals surface area contributed by atoms with E-state index in [9.17, 15) is 14.9 Å². The Balaban J connectivity index is 3.07. The van der Waals surface area contributed by atoms with E-state index in [4.69, 9.17) is 5.73 Å². The van der Waals surface area contributed by atoms with Gasteiger partial charge in [0, 0.05) is 6.07 Å². The number of amides is 1. The molecule has 0 heterocycles. The Labute approximate surface area is 79.4 Å². The van der Waals surface area contributed by atoms with Gasteiger partial charge in [-0.15, -0.1) is 0 Å². The van der Waals surface area contributed by atoms with Crippen molar-refractivity contribution in [2.45, 2.75) is 6.92 Å². The van der Waals surface area contributed by atoms with Crippen molar-refractivity contribution in [1.82, 2.24) is 0 Å². The van der Waals surface area contributed by atoms with Crippen molar-refractivity contribution in [3.05, 3.63) is 33.9 Å². The van der Waals surface area contributed by atoms with Gasteiger partial charge in [-0.25, -0.2) is 4.79 Å². The first-order chi connectivity index (χ1) is 6.49. The van der Waals surface area contributed by atoms with Crippen LogP contribution in [-0.2, 0) is 0 Å². The number of nitrogens with two attached hydrogens (primary N) is 1. The highest BCUT2D eigenvalue weighted by atomic mass is 16.6. The number of hydrogen-bond donors (Lipinski definition) is 1. The number of ether oxygens (including phenoxy) is 1. The summed E-state index contributed by atoms with van der Waals surface area (Å²) in [5, 5.41) is 10.4. The van der Waals surface area contributed by atoms with Gasteiger partial charge in [-0.05, 0) is 18.6 Å². The zero-order valence-electron chi connectivity index (χ0n) is 7.39. The number of carbonyl (C=O) groups excluding carboxylic acids is 1. The van der Waals surface area contributed by atoms with Crippen LogP contribution in [0.5, 0.6) is 5.75 Å². The molecule has 6 nitrogen and oxygen atoms in total. The van der Waals surface area contributed by atoms with Crippen molar-refractivity contribution in [3.8, 4) is 5.75 Å². The predicted octanol–water partition coefficient (Wildman–Crippen LogP) is 1.36. The van der Waals surface area contributed by atoms with E-state index in [1.807, 2.05) is 0 Å². The first-order valence-electron chi connectivity index (χ1n) is 3.72. The van der Waals surface area contributed by atoms with Crippen LogP contribution in [0.3, 0.4) is 0 Å². The van der Waals surface area contributed by atoms with Gasteiger partial charge in [0.1, 0.15) is 5.75 Å². The first kappa shape index (κ1) is 9.97. The molecule has 2 N–H and O–H groups in total. The minimum Gasteiger partial charge on any atom is -0.410 e. The van der Waals surface area contributed by atoms with Crippen molar-refractivity contribution in [3.63, 3.8) is 0 Å². The molecule has 1 aromatic rings. The second kappa shape index (κ2) is 3.73. The molecule has 1 amide bonds. The van der Waals surface area contributed by atoms with E-state index in [1.54, 1.807) is 6.92 Å². The van der Waals surface area contributed by atoms with Gasteiger partial charge in [0.2, 0.25) is 0 Å². The van der Waals surface area contributed by atoms with Crippen LogP contribution in [0.2, 0.25) is 0 Å². The van der Waals surface area contributed by atoms with Crippen LogP contribution in [0.25, 0.3) is 0 Å². The number of nitro groups is 1. The Kier molecular flexibility index (Phi) is 2.66. The lowest BCUT2D eigenvalue weighted by Crippen LogP contribution is -2.16. The maximum Gasteiger partial charge on any atom is 0.409 e. The number of primary amides is 1. The number of nitrogens with zero attached hydrogens (tertiary/aromatic N) is 1. The Bertz CT molecular complexity index is 389. The van der Waals surface area contributed by atoms with Crippen LogP contribution >= 0.6 is 0 Å². The fourth-order valence-corrected chi connectivity index (χ4v) is 1.01. The summed E-state index contributed by atoms with van der Waals surface area (Å²) >= 11 is 0. The molecular formula is C8H8N2O4. The minimum absolute atomic E-state index is 0.0733. The second-order valence-electron chi connectivity index (χ2n) is 2.68. The van der Waals surface area contributed by atoms with Crippen molar-refractivity contribution in [2.75, 3.05) is 0 Å². The molecule has 0 radical (unpaired) electrons. The first-order valence-corrected chi connectivity index (χ1v) is 3.72. The van der Waals surface area contributed by atoms with Crippen LogP contribution in [-0.4, -0.2) is 11.0 Å². The summed E-state index contributed by atoms with van der Waals surface area (Å²) in [5.41, 5.74) is 5.25. The second-order valence-corrected chi connectivity index (χ2v) is 2.68. The van der Waals surface area contributed by atoms with E-state index in [1.165, 1.54) is 12.1 Å². The molecule has 0 spiro atoms. The van der Waals surface area contributed by atoms with Gasteiger partial charge in [0.15, 0.2) is 0 Å². The van der Waals surface area contributed by atoms with Crippen molar-refractivity contribution < 1.29 is 14.5 Å². The molecule has 0 saturated carbocycles. The van der Waals surface area contributed by atoms with Crippen molar-refractivity contribution in [2.24, 2.45) is 5.73 Å². The molecule has 0 aromatic heterocycles. The molecule has 6 heteroatoms. The number of non-ortho nitro benzene ring substituents is 1. The largest absolute Gasteiger partial charge is 0.410 e. The summed E-state index contributed by atoms with van der Waals surface area (Å²) in [5.74, 6) is 0.0733. The Hall–Kier alpha value is -2.11. The summed E-state index contributed by atoms with van der Waals surface area (Å²) in [4.78, 5) is 20.2. The highest BCUT2D eigenvalue weighted by Gasteiger charge is 2.09. The smallest absolute Gasteiger partial charge is 0.409 e. The molecule has 0 fully saturated rings. The van der Waals surface area contributed by atoms with E-state index in [0.717, 1.165) is 6.07 Å². The molecule has 0 saturated heterocycles. The quantitative estimate of drug-likeness (QED) is 0.570. The number of nitro benzene ring substituents is 1. The summed E-state index contributed by atoms with van der Waals surface area (Å²) in [6, 6.07) is 3.99. The molecule has 1 aromatic carbocycles. The maximum absolute atomic E-state index is 10.4. The van der Waals surface area contributed by atoms with Crippen LogP contribution < -0.4 is 10.5 Å². The predicted molar refractivity (Wildman–Crippen MR) is 48.0 cm³/mol. The number of hydrogen-bond acceptors (Lipinski definition) is 4. The van der Waals surface area contributed by atoms with E-state index >= 15 is 0 Å². The van der Waals surface area contributed by atoms with Crippen molar-refractivity contribution >= 4 is 11.8 Å². The third-order valence-corrected chi connectivity index (χ3v) is 1.46. The highest BCUT2D eigenvalue weighted by Crippen LogP contribution is 2.22. The summed E-state index contributed by atoms with van der Waals surface area (Å²) in [6.07, 6.45) is -0.995. The lowest BCUT2D eigenvalue weighted by atomic mass is 10.2. The van der Waals surface area contributed by atoms with Crippen molar-refractivity contribution in [1.29, 1.82) is 0 Å². The molecular weight excluding hydrogens is 188 g/mol. The number of aryl methyl sites for hydroxylation is 1. The Morgan fingerprint density at radius 3 is 2.64 bits per heavy atom. The normalized spacial score (nSPS) is 9.50. The fourth-order valence-electron chi connectivity index (χ4n) is 1.01. The maximum atomic E-state index is 10.4. The molecule has 0 bridgehead atoms. The molecule has 14 heavy (non-hydrogen) atoms. The van der Waals surface area contributed by atoms with Gasteiger partial charge >= 0.3 is 6.09 Å². The molecule has 0 unspecified atom stereocenters. The average molecular weight is 196 g/mol. The number of carbonyl (C=O) groups is 1. The van der Waals surface area contributed by atoms with Crippen LogP contribution in [0.1, 0.15) is 5.56 Å². The summed E-state index contributed by atoms with van der Waals surface area (Å²) in [7, 11) is 0. The number of rotatable bonds is 2. The molecule has 0 aliphatic rings.